The molecule has 6 nitrogen and oxygen atoms in total. The van der Waals surface area contributed by atoms with Crippen molar-refractivity contribution in [2.75, 3.05) is 25.9 Å². The first-order chi connectivity index (χ1) is 11.9. The van der Waals surface area contributed by atoms with Crippen LogP contribution in [-0.4, -0.2) is 49.5 Å². The highest BCUT2D eigenvalue weighted by molar-refractivity contribution is 7.88. The number of hydrogen-bond donors (Lipinski definition) is 1. The Morgan fingerprint density at radius 1 is 1.40 bits per heavy atom. The minimum atomic E-state index is -3.22. The number of para-hydroxylation sites is 1. The van der Waals surface area contributed by atoms with Gasteiger partial charge in [-0.2, -0.15) is 0 Å². The highest BCUT2D eigenvalue weighted by atomic mass is 32.2. The Morgan fingerprint density at radius 3 is 2.96 bits per heavy atom. The van der Waals surface area contributed by atoms with Gasteiger partial charge in [-0.15, -0.1) is 11.3 Å². The van der Waals surface area contributed by atoms with Crippen molar-refractivity contribution in [2.45, 2.75) is 25.7 Å². The molecule has 1 aromatic heterocycles. The Hall–Kier alpha value is -1.51. The van der Waals surface area contributed by atoms with Crippen LogP contribution in [0.5, 0.6) is 0 Å². The number of carbonyl (C=O) groups is 1. The number of aromatic nitrogens is 1. The van der Waals surface area contributed by atoms with Crippen molar-refractivity contribution in [3.8, 4) is 0 Å². The average molecular weight is 382 g/mol. The number of nitrogens with one attached hydrogen (secondary N) is 1. The van der Waals surface area contributed by atoms with Crippen molar-refractivity contribution in [1.82, 2.24) is 14.6 Å². The predicted octanol–water partition coefficient (Wildman–Crippen LogP) is 2.02. The molecular formula is C17H23N3O3S2. The molecule has 1 unspecified atom stereocenters. The summed E-state index contributed by atoms with van der Waals surface area (Å²) < 4.78 is 25.9. The summed E-state index contributed by atoms with van der Waals surface area (Å²) >= 11 is 1.69. The maximum atomic E-state index is 12.3. The Kier molecular flexibility index (Phi) is 5.71. The summed E-state index contributed by atoms with van der Waals surface area (Å²) in [5, 5.41) is 4.02. The number of sulfonamides is 1. The molecule has 136 valence electrons. The maximum Gasteiger partial charge on any atom is 0.224 e. The minimum absolute atomic E-state index is 0.0438. The first kappa shape index (κ1) is 18.3. The van der Waals surface area contributed by atoms with E-state index in [1.165, 1.54) is 15.3 Å². The van der Waals surface area contributed by atoms with Crippen LogP contribution in [0.2, 0.25) is 0 Å². The number of nitrogens with zero attached hydrogens (tertiary/aromatic N) is 2. The Labute approximate surface area is 152 Å². The molecule has 2 aromatic rings. The molecular weight excluding hydrogens is 358 g/mol. The Morgan fingerprint density at radius 2 is 2.20 bits per heavy atom. The molecule has 1 saturated heterocycles. The molecule has 2 heterocycles. The van der Waals surface area contributed by atoms with E-state index in [-0.39, 0.29) is 11.8 Å². The van der Waals surface area contributed by atoms with Crippen molar-refractivity contribution in [1.29, 1.82) is 0 Å². The molecule has 1 N–H and O–H groups in total. The Balaban J connectivity index is 1.44. The van der Waals surface area contributed by atoms with Crippen LogP contribution in [0.3, 0.4) is 0 Å². The van der Waals surface area contributed by atoms with Gasteiger partial charge < -0.3 is 5.32 Å². The van der Waals surface area contributed by atoms with Gasteiger partial charge in [-0.05, 0) is 31.4 Å². The number of carbonyl (C=O) groups excluding carboxylic acids is 1. The average Bonchev–Trinajstić information content (AvgIpc) is 3.00. The van der Waals surface area contributed by atoms with Gasteiger partial charge in [0.1, 0.15) is 0 Å². The van der Waals surface area contributed by atoms with E-state index < -0.39 is 10.0 Å². The molecule has 25 heavy (non-hydrogen) atoms. The molecule has 0 bridgehead atoms. The van der Waals surface area contributed by atoms with Gasteiger partial charge in [0, 0.05) is 26.1 Å². The van der Waals surface area contributed by atoms with Crippen LogP contribution >= 0.6 is 11.3 Å². The fraction of sp³-hybridized carbons (Fsp3) is 0.529. The predicted molar refractivity (Wildman–Crippen MR) is 100 cm³/mol. The second-order valence-corrected chi connectivity index (χ2v) is 9.53. The summed E-state index contributed by atoms with van der Waals surface area (Å²) in [6, 6.07) is 8.06. The third-order valence-corrected chi connectivity index (χ3v) is 6.79. The molecule has 1 aromatic carbocycles. The zero-order valence-corrected chi connectivity index (χ0v) is 15.9. The van der Waals surface area contributed by atoms with Gasteiger partial charge in [-0.3, -0.25) is 4.79 Å². The van der Waals surface area contributed by atoms with Gasteiger partial charge in [0.25, 0.3) is 0 Å². The van der Waals surface area contributed by atoms with Gasteiger partial charge >= 0.3 is 0 Å². The van der Waals surface area contributed by atoms with E-state index in [1.807, 2.05) is 18.2 Å². The van der Waals surface area contributed by atoms with Gasteiger partial charge in [-0.25, -0.2) is 17.7 Å². The molecule has 1 atom stereocenters. The van der Waals surface area contributed by atoms with Crippen LogP contribution in [-0.2, 0) is 21.2 Å². The normalized spacial score (nSPS) is 19.2. The van der Waals surface area contributed by atoms with E-state index in [0.717, 1.165) is 36.2 Å². The molecule has 0 saturated carbocycles. The lowest BCUT2D eigenvalue weighted by molar-refractivity contribution is -0.126. The SMILES string of the molecule is CS(=O)(=O)N1CCCC(C(=O)NCCCc2nc3ccccc3s2)C1. The number of piperidine rings is 1. The number of aryl methyl sites for hydroxylation is 1. The smallest absolute Gasteiger partial charge is 0.224 e. The van der Waals surface area contributed by atoms with Gasteiger partial charge in [0.05, 0.1) is 27.4 Å². The molecule has 1 fully saturated rings. The highest BCUT2D eigenvalue weighted by Gasteiger charge is 2.29. The van der Waals surface area contributed by atoms with Crippen molar-refractivity contribution < 1.29 is 13.2 Å². The van der Waals surface area contributed by atoms with E-state index in [9.17, 15) is 13.2 Å². The summed E-state index contributed by atoms with van der Waals surface area (Å²) in [4.78, 5) is 16.9. The molecule has 0 aliphatic carbocycles. The molecule has 3 rings (SSSR count). The molecule has 1 aliphatic rings. The van der Waals surface area contributed by atoms with E-state index in [1.54, 1.807) is 11.3 Å². The lowest BCUT2D eigenvalue weighted by atomic mass is 9.99. The topological polar surface area (TPSA) is 79.4 Å². The number of fused-ring (bicyclic) bond motifs is 1. The standard InChI is InChI=1S/C17H23N3O3S2/c1-25(22,23)20-11-5-6-13(12-20)17(21)18-10-4-9-16-19-14-7-2-3-8-15(14)24-16/h2-3,7-8,13H,4-6,9-12H2,1H3,(H,18,21). The summed E-state index contributed by atoms with van der Waals surface area (Å²) in [6.45, 7) is 1.40. The number of thiazole rings is 1. The Bertz CT molecular complexity index is 815. The molecule has 1 aliphatic heterocycles. The summed E-state index contributed by atoms with van der Waals surface area (Å²) in [7, 11) is -3.22. The molecule has 0 spiro atoms. The number of amides is 1. The molecule has 0 radical (unpaired) electrons. The fourth-order valence-electron chi connectivity index (χ4n) is 3.08. The largest absolute Gasteiger partial charge is 0.356 e. The first-order valence-corrected chi connectivity index (χ1v) is 11.2. The van der Waals surface area contributed by atoms with Crippen LogP contribution in [0.4, 0.5) is 0 Å². The zero-order chi connectivity index (χ0) is 17.9. The number of hydrogen-bond acceptors (Lipinski definition) is 5. The second kappa shape index (κ2) is 7.80. The molecule has 8 heteroatoms. The minimum Gasteiger partial charge on any atom is -0.356 e. The van der Waals surface area contributed by atoms with Crippen LogP contribution in [0, 0.1) is 5.92 Å². The van der Waals surface area contributed by atoms with Crippen LogP contribution < -0.4 is 5.32 Å². The van der Waals surface area contributed by atoms with Gasteiger partial charge in [0.15, 0.2) is 0 Å². The monoisotopic (exact) mass is 381 g/mol. The lowest BCUT2D eigenvalue weighted by Gasteiger charge is -2.30. The summed E-state index contributed by atoms with van der Waals surface area (Å²) in [6.07, 6.45) is 4.34. The first-order valence-electron chi connectivity index (χ1n) is 8.51. The van der Waals surface area contributed by atoms with Gasteiger partial charge in [-0.1, -0.05) is 12.1 Å². The highest BCUT2D eigenvalue weighted by Crippen LogP contribution is 2.22. The van der Waals surface area contributed by atoms with Crippen molar-refractivity contribution in [3.05, 3.63) is 29.3 Å². The number of benzene rings is 1. The van der Waals surface area contributed by atoms with E-state index in [4.69, 9.17) is 0 Å². The van der Waals surface area contributed by atoms with Crippen LogP contribution in [0.25, 0.3) is 10.2 Å². The number of rotatable bonds is 6. The summed E-state index contributed by atoms with van der Waals surface area (Å²) in [5.74, 6) is -0.288. The third kappa shape index (κ3) is 4.77. The second-order valence-electron chi connectivity index (χ2n) is 6.43. The van der Waals surface area contributed by atoms with Gasteiger partial charge in [0.2, 0.25) is 15.9 Å². The van der Waals surface area contributed by atoms with Crippen molar-refractivity contribution in [3.63, 3.8) is 0 Å². The van der Waals surface area contributed by atoms with E-state index >= 15 is 0 Å². The lowest BCUT2D eigenvalue weighted by Crippen LogP contribution is -2.45. The van der Waals surface area contributed by atoms with E-state index in [0.29, 0.717) is 19.6 Å². The zero-order valence-electron chi connectivity index (χ0n) is 14.3. The quantitative estimate of drug-likeness (QED) is 0.777. The third-order valence-electron chi connectivity index (χ3n) is 4.43. The van der Waals surface area contributed by atoms with Crippen molar-refractivity contribution in [2.24, 2.45) is 5.92 Å². The van der Waals surface area contributed by atoms with Crippen LogP contribution in [0.15, 0.2) is 24.3 Å². The summed E-state index contributed by atoms with van der Waals surface area (Å²) in [5.41, 5.74) is 1.02. The van der Waals surface area contributed by atoms with Crippen LogP contribution in [0.1, 0.15) is 24.3 Å². The van der Waals surface area contributed by atoms with Crippen molar-refractivity contribution >= 4 is 37.5 Å². The maximum absolute atomic E-state index is 12.3. The molecule has 1 amide bonds. The fourth-order valence-corrected chi connectivity index (χ4v) is 5.00. The van der Waals surface area contributed by atoms with E-state index in [2.05, 4.69) is 16.4 Å².